The molecule has 1 saturated carbocycles. The van der Waals surface area contributed by atoms with Crippen molar-refractivity contribution < 1.29 is 43.2 Å². The number of aliphatic hydroxyl groups is 1. The van der Waals surface area contributed by atoms with Gasteiger partial charge in [0.1, 0.15) is 18.3 Å². The van der Waals surface area contributed by atoms with Gasteiger partial charge in [0.2, 0.25) is 0 Å². The molecule has 1 unspecified atom stereocenters. The molecule has 3 aliphatic heterocycles. The van der Waals surface area contributed by atoms with Crippen molar-refractivity contribution >= 4 is 17.9 Å². The Bertz CT molecular complexity index is 1020. The van der Waals surface area contributed by atoms with E-state index in [1.807, 2.05) is 0 Å². The Kier molecular flexibility index (Phi) is 6.37. The maximum Gasteiger partial charge on any atom is 0.335 e. The first-order valence-electron chi connectivity index (χ1n) is 12.7. The zero-order chi connectivity index (χ0) is 25.7. The van der Waals surface area contributed by atoms with Gasteiger partial charge in [0, 0.05) is 24.0 Å². The lowest BCUT2D eigenvalue weighted by atomic mass is 9.51. The summed E-state index contributed by atoms with van der Waals surface area (Å²) in [5.41, 5.74) is -0.820. The predicted molar refractivity (Wildman–Crippen MR) is 125 cm³/mol. The molecule has 3 heterocycles. The maximum atomic E-state index is 12.9. The van der Waals surface area contributed by atoms with Crippen LogP contribution in [0, 0.1) is 16.7 Å². The molecule has 0 aromatic rings. The number of aliphatic hydroxyl groups excluding tert-OH is 1. The lowest BCUT2D eigenvalue weighted by Crippen LogP contribution is -2.66. The van der Waals surface area contributed by atoms with Crippen molar-refractivity contribution in [3.63, 3.8) is 0 Å². The summed E-state index contributed by atoms with van der Waals surface area (Å²) in [6.45, 7) is 6.34. The molecule has 36 heavy (non-hydrogen) atoms. The fourth-order valence-corrected chi connectivity index (χ4v) is 6.65. The second-order valence-corrected chi connectivity index (χ2v) is 11.0. The highest BCUT2D eigenvalue weighted by molar-refractivity contribution is 5.84. The number of cyclic esters (lactones) is 2. The molecule has 0 amide bonds. The summed E-state index contributed by atoms with van der Waals surface area (Å²) in [6, 6.07) is 0. The fraction of sp³-hybridized carbons (Fsp3) is 0.667. The van der Waals surface area contributed by atoms with Gasteiger partial charge in [-0.1, -0.05) is 37.6 Å². The number of carbonyl (C=O) groups is 3. The molecule has 9 heteroatoms. The van der Waals surface area contributed by atoms with Crippen molar-refractivity contribution in [3.05, 3.63) is 36.0 Å². The number of esters is 3. The molecule has 0 aromatic heterocycles. The van der Waals surface area contributed by atoms with Crippen molar-refractivity contribution in [3.8, 4) is 0 Å². The molecule has 2 saturated heterocycles. The van der Waals surface area contributed by atoms with Gasteiger partial charge in [-0.2, -0.15) is 0 Å². The molecule has 2 spiro atoms. The first-order valence-corrected chi connectivity index (χ1v) is 12.7. The fourth-order valence-electron chi connectivity index (χ4n) is 6.65. The molecule has 5 aliphatic rings. The Morgan fingerprint density at radius 2 is 1.75 bits per heavy atom. The average Bonchev–Trinajstić information content (AvgIpc) is 3.62. The van der Waals surface area contributed by atoms with Crippen molar-refractivity contribution in [2.75, 3.05) is 19.8 Å². The summed E-state index contributed by atoms with van der Waals surface area (Å²) in [6.07, 6.45) is 7.11. The Labute approximate surface area is 210 Å². The summed E-state index contributed by atoms with van der Waals surface area (Å²) < 4.78 is 29.6. The van der Waals surface area contributed by atoms with E-state index in [-0.39, 0.29) is 31.8 Å². The van der Waals surface area contributed by atoms with Gasteiger partial charge in [-0.3, -0.25) is 0 Å². The first-order chi connectivity index (χ1) is 17.1. The summed E-state index contributed by atoms with van der Waals surface area (Å²) in [5.74, 6) is -2.34. The van der Waals surface area contributed by atoms with Crippen LogP contribution in [0.5, 0.6) is 0 Å². The molecule has 3 fully saturated rings. The highest BCUT2D eigenvalue weighted by Crippen LogP contribution is 2.72. The quantitative estimate of drug-likeness (QED) is 0.230. The van der Waals surface area contributed by atoms with Crippen LogP contribution in [-0.2, 0) is 38.1 Å². The number of hydrogen-bond acceptors (Lipinski definition) is 9. The van der Waals surface area contributed by atoms with E-state index in [1.54, 1.807) is 6.92 Å². The Hall–Kier alpha value is -2.49. The monoisotopic (exact) mass is 502 g/mol. The zero-order valence-corrected chi connectivity index (χ0v) is 20.9. The number of hydrogen-bond donors (Lipinski definition) is 1. The van der Waals surface area contributed by atoms with E-state index >= 15 is 0 Å². The van der Waals surface area contributed by atoms with Crippen LogP contribution in [0.2, 0.25) is 0 Å². The number of carbonyl (C=O) groups excluding carboxylic acids is 3. The highest BCUT2D eigenvalue weighted by Gasteiger charge is 2.83. The molecular weight excluding hydrogens is 468 g/mol. The van der Waals surface area contributed by atoms with Crippen LogP contribution in [0.15, 0.2) is 36.0 Å². The number of epoxide rings is 1. The van der Waals surface area contributed by atoms with Crippen molar-refractivity contribution in [2.45, 2.75) is 76.5 Å². The summed E-state index contributed by atoms with van der Waals surface area (Å²) >= 11 is 0. The van der Waals surface area contributed by atoms with Gasteiger partial charge in [0.05, 0.1) is 30.8 Å². The van der Waals surface area contributed by atoms with E-state index in [2.05, 4.69) is 19.9 Å². The smallest absolute Gasteiger partial charge is 0.335 e. The van der Waals surface area contributed by atoms with Crippen molar-refractivity contribution in [2.24, 2.45) is 16.7 Å². The largest absolute Gasteiger partial charge is 0.463 e. The van der Waals surface area contributed by atoms with E-state index in [4.69, 9.17) is 23.7 Å². The molecule has 1 N–H and O–H groups in total. The van der Waals surface area contributed by atoms with Gasteiger partial charge in [-0.05, 0) is 32.1 Å². The van der Waals surface area contributed by atoms with Crippen LogP contribution >= 0.6 is 0 Å². The third-order valence-corrected chi connectivity index (χ3v) is 9.12. The predicted octanol–water partition coefficient (Wildman–Crippen LogP) is 2.17. The van der Waals surface area contributed by atoms with Gasteiger partial charge in [-0.25, -0.2) is 14.4 Å². The number of ether oxygens (including phenoxy) is 5. The van der Waals surface area contributed by atoms with E-state index in [0.717, 1.165) is 6.42 Å². The van der Waals surface area contributed by atoms with Gasteiger partial charge >= 0.3 is 17.9 Å². The summed E-state index contributed by atoms with van der Waals surface area (Å²) in [5, 5.41) is 10.6. The van der Waals surface area contributed by atoms with Crippen LogP contribution in [-0.4, -0.2) is 72.9 Å². The molecule has 9 nitrogen and oxygen atoms in total. The lowest BCUT2D eigenvalue weighted by Gasteiger charge is -2.58. The van der Waals surface area contributed by atoms with Gasteiger partial charge in [0.25, 0.3) is 0 Å². The van der Waals surface area contributed by atoms with E-state index in [9.17, 15) is 19.5 Å². The van der Waals surface area contributed by atoms with Crippen LogP contribution in [0.3, 0.4) is 0 Å². The molecule has 8 atom stereocenters. The lowest BCUT2D eigenvalue weighted by molar-refractivity contribution is -0.234. The summed E-state index contributed by atoms with van der Waals surface area (Å²) in [7, 11) is 0. The molecule has 2 bridgehead atoms. The highest BCUT2D eigenvalue weighted by atomic mass is 16.6. The Morgan fingerprint density at radius 3 is 2.47 bits per heavy atom. The van der Waals surface area contributed by atoms with Crippen LogP contribution in [0.4, 0.5) is 0 Å². The summed E-state index contributed by atoms with van der Waals surface area (Å²) in [4.78, 5) is 37.6. The minimum atomic E-state index is -1.37. The zero-order valence-electron chi connectivity index (χ0n) is 20.9. The van der Waals surface area contributed by atoms with Gasteiger partial charge < -0.3 is 28.8 Å². The third kappa shape index (κ3) is 3.83. The standard InChI is InChI=1S/C27H34O9/c1-16-8-10-26-14-33-24(31)23(30)17(2)9-11-32-21(28)6-4-5-7-22(29)36-18-13-20(35-19(26)12-16)27(15-34-27)25(18,26)3/h4-7,12,17-20,23,30H,8-11,13-15H2,1-3H3/b6-4-,7-5?/t17-,18-,19-,20+,23?,25+,26-,27+/m1/s1. The normalized spacial score (nSPS) is 45.9. The van der Waals surface area contributed by atoms with Crippen LogP contribution in [0.25, 0.3) is 0 Å². The minimum absolute atomic E-state index is 0.00000344. The van der Waals surface area contributed by atoms with Gasteiger partial charge in [-0.15, -0.1) is 0 Å². The van der Waals surface area contributed by atoms with Crippen LogP contribution < -0.4 is 0 Å². The van der Waals surface area contributed by atoms with E-state index < -0.39 is 52.5 Å². The molecule has 0 aromatic carbocycles. The molecule has 196 valence electrons. The maximum absolute atomic E-state index is 12.9. The second kappa shape index (κ2) is 9.11. The van der Waals surface area contributed by atoms with Gasteiger partial charge in [0.15, 0.2) is 6.10 Å². The molecule has 5 rings (SSSR count). The topological polar surface area (TPSA) is 121 Å². The Morgan fingerprint density at radius 1 is 1.03 bits per heavy atom. The number of rotatable bonds is 0. The molecule has 0 radical (unpaired) electrons. The second-order valence-electron chi connectivity index (χ2n) is 11.0. The van der Waals surface area contributed by atoms with E-state index in [0.29, 0.717) is 19.4 Å². The van der Waals surface area contributed by atoms with E-state index in [1.165, 1.54) is 29.9 Å². The molecule has 2 aliphatic carbocycles. The first kappa shape index (κ1) is 25.2. The third-order valence-electron chi connectivity index (χ3n) is 9.12. The SMILES string of the molecule is CC1=C[C@H]2O[C@H]3C[C@H]4OC(=O)C=C/C=C\C(=O)OCC[C@@H](C)C(O)C(=O)OC[C@@]2(CC1)[C@@]4(C)[C@]31CO1. The molecular formula is C27H34O9. The number of allylic oxidation sites excluding steroid dienone is 3. The van der Waals surface area contributed by atoms with Crippen molar-refractivity contribution in [1.29, 1.82) is 0 Å². The average molecular weight is 503 g/mol. The van der Waals surface area contributed by atoms with Crippen LogP contribution in [0.1, 0.15) is 46.5 Å². The van der Waals surface area contributed by atoms with Crippen molar-refractivity contribution in [1.82, 2.24) is 0 Å². The minimum Gasteiger partial charge on any atom is -0.463 e. The Balaban J connectivity index is 1.52.